The summed E-state index contributed by atoms with van der Waals surface area (Å²) in [6.45, 7) is 1.68. The van der Waals surface area contributed by atoms with Crippen molar-refractivity contribution in [1.82, 2.24) is 0 Å². The lowest BCUT2D eigenvalue weighted by Crippen LogP contribution is -2.27. The Morgan fingerprint density at radius 2 is 2.39 bits per heavy atom. The highest BCUT2D eigenvalue weighted by molar-refractivity contribution is 6.31. The van der Waals surface area contributed by atoms with Gasteiger partial charge in [0.05, 0.1) is 8.66 Å². The first-order valence-electron chi connectivity index (χ1n) is 7.98. The Morgan fingerprint density at radius 1 is 1.61 bits per heavy atom. The molecular weight excluding hydrogens is 246 g/mol. The van der Waals surface area contributed by atoms with Crippen molar-refractivity contribution in [3.8, 4) is 0 Å². The molecule has 2 nitrogen and oxygen atoms in total. The third-order valence-electron chi connectivity index (χ3n) is 3.64. The number of nitrogens with two attached hydrogens (primary N) is 1. The molecule has 0 spiro atoms. The van der Waals surface area contributed by atoms with Crippen LogP contribution in [0.5, 0.6) is 0 Å². The lowest BCUT2D eigenvalue weighted by Gasteiger charge is -2.22. The Hall–Kier alpha value is -1.28. The molecular formula is C15H16ClNO. The number of hydrogen-bond donors (Lipinski definition) is 1. The normalized spacial score (nSPS) is 27.8. The summed E-state index contributed by atoms with van der Waals surface area (Å²) in [5, 5.41) is 0.175. The highest BCUT2D eigenvalue weighted by atomic mass is 35.5. The van der Waals surface area contributed by atoms with Gasteiger partial charge in [-0.05, 0) is 66.4 Å². The van der Waals surface area contributed by atoms with Gasteiger partial charge >= 0.3 is 0 Å². The first kappa shape index (κ1) is 8.00. The molecule has 0 fully saturated rings. The van der Waals surface area contributed by atoms with E-state index in [1.165, 1.54) is 0 Å². The maximum atomic E-state index is 11.7. The average Bonchev–Trinajstić information content (AvgIpc) is 2.84. The van der Waals surface area contributed by atoms with Crippen LogP contribution in [0.3, 0.4) is 0 Å². The summed E-state index contributed by atoms with van der Waals surface area (Å²) in [5.41, 5.74) is 7.96. The van der Waals surface area contributed by atoms with E-state index in [-0.39, 0.29) is 23.5 Å². The monoisotopic (exact) mass is 265 g/mol. The Bertz CT molecular complexity index is 742. The Balaban J connectivity index is 2.32. The van der Waals surface area contributed by atoms with Crippen molar-refractivity contribution in [1.29, 1.82) is 0 Å². The molecule has 0 heterocycles. The number of allylic oxidation sites excluding steroid dienone is 1. The van der Waals surface area contributed by atoms with Gasteiger partial charge in [-0.25, -0.2) is 0 Å². The molecule has 1 aromatic rings. The molecule has 1 unspecified atom stereocenters. The fourth-order valence-electron chi connectivity index (χ4n) is 2.74. The molecule has 1 amide bonds. The first-order chi connectivity index (χ1) is 10.2. The van der Waals surface area contributed by atoms with Crippen LogP contribution in [0.25, 0.3) is 5.57 Å². The van der Waals surface area contributed by atoms with Crippen LogP contribution < -0.4 is 5.73 Å². The molecule has 1 aromatic carbocycles. The summed E-state index contributed by atoms with van der Waals surface area (Å²) in [7, 11) is 0. The SMILES string of the molecule is [2H]c1c(C)c(Cl)c([2H])c2c1CC1=C2C([2H])([2H])CCC1C(N)=O. The van der Waals surface area contributed by atoms with Gasteiger partial charge in [0.2, 0.25) is 5.91 Å². The number of carbonyl (C=O) groups is 1. The molecule has 0 aromatic heterocycles. The highest BCUT2D eigenvalue weighted by Gasteiger charge is 2.33. The fraction of sp³-hybridized carbons (Fsp3) is 0.400. The van der Waals surface area contributed by atoms with Gasteiger partial charge < -0.3 is 5.73 Å². The number of carbonyl (C=O) groups excluding carboxylic acids is 1. The van der Waals surface area contributed by atoms with E-state index in [4.69, 9.17) is 22.8 Å². The number of rotatable bonds is 1. The van der Waals surface area contributed by atoms with Crippen molar-refractivity contribution in [2.24, 2.45) is 11.7 Å². The average molecular weight is 266 g/mol. The number of hydrogen-bond acceptors (Lipinski definition) is 1. The molecule has 0 radical (unpaired) electrons. The maximum Gasteiger partial charge on any atom is 0.224 e. The predicted molar refractivity (Wildman–Crippen MR) is 73.3 cm³/mol. The fourth-order valence-corrected chi connectivity index (χ4v) is 2.88. The molecule has 2 N–H and O–H groups in total. The Morgan fingerprint density at radius 3 is 3.11 bits per heavy atom. The van der Waals surface area contributed by atoms with Crippen molar-refractivity contribution < 1.29 is 10.3 Å². The minimum absolute atomic E-state index is 0.0455. The van der Waals surface area contributed by atoms with Gasteiger partial charge in [0.1, 0.15) is 0 Å². The van der Waals surface area contributed by atoms with Crippen molar-refractivity contribution in [2.75, 3.05) is 0 Å². The van der Waals surface area contributed by atoms with Crippen molar-refractivity contribution in [3.63, 3.8) is 0 Å². The lowest BCUT2D eigenvalue weighted by molar-refractivity contribution is -0.121. The zero-order valence-electron chi connectivity index (χ0n) is 14.1. The van der Waals surface area contributed by atoms with Gasteiger partial charge in [-0.2, -0.15) is 0 Å². The number of benzene rings is 1. The van der Waals surface area contributed by atoms with Gasteiger partial charge in [-0.15, -0.1) is 0 Å². The molecule has 2 aliphatic rings. The van der Waals surface area contributed by atoms with Crippen LogP contribution in [-0.4, -0.2) is 5.91 Å². The maximum absolute atomic E-state index is 11.7. The molecule has 3 heteroatoms. The Labute approximate surface area is 117 Å². The molecule has 2 aliphatic carbocycles. The summed E-state index contributed by atoms with van der Waals surface area (Å²) in [4.78, 5) is 11.7. The van der Waals surface area contributed by atoms with E-state index >= 15 is 0 Å². The second-order valence-electron chi connectivity index (χ2n) is 4.79. The van der Waals surface area contributed by atoms with Crippen LogP contribution in [0.2, 0.25) is 5.02 Å². The Kier molecular flexibility index (Phi) is 1.84. The number of fused-ring (bicyclic) bond motifs is 2. The van der Waals surface area contributed by atoms with Gasteiger partial charge in [0.15, 0.2) is 0 Å². The second kappa shape index (κ2) is 4.13. The topological polar surface area (TPSA) is 43.1 Å². The third kappa shape index (κ3) is 1.67. The molecule has 94 valence electrons. The minimum Gasteiger partial charge on any atom is -0.369 e. The van der Waals surface area contributed by atoms with Gasteiger partial charge in [0.25, 0.3) is 0 Å². The van der Waals surface area contributed by atoms with Crippen LogP contribution in [0.4, 0.5) is 0 Å². The number of halogens is 1. The van der Waals surface area contributed by atoms with Crippen LogP contribution in [0.1, 0.15) is 41.4 Å². The number of primary amides is 1. The van der Waals surface area contributed by atoms with Crippen LogP contribution >= 0.6 is 11.6 Å². The molecule has 1 atom stereocenters. The summed E-state index contributed by atoms with van der Waals surface area (Å²) in [6, 6.07) is 0.272. The van der Waals surface area contributed by atoms with Gasteiger partial charge in [-0.1, -0.05) is 17.6 Å². The van der Waals surface area contributed by atoms with Crippen LogP contribution in [0, 0.1) is 12.8 Å². The molecule has 0 saturated heterocycles. The van der Waals surface area contributed by atoms with E-state index in [0.29, 0.717) is 40.7 Å². The molecule has 0 saturated carbocycles. The summed E-state index contributed by atoms with van der Waals surface area (Å²) in [6.07, 6.45) is -0.784. The lowest BCUT2D eigenvalue weighted by atomic mass is 9.82. The van der Waals surface area contributed by atoms with E-state index in [0.717, 1.165) is 0 Å². The predicted octanol–water partition coefficient (Wildman–Crippen LogP) is 3.24. The largest absolute Gasteiger partial charge is 0.369 e. The summed E-state index contributed by atoms with van der Waals surface area (Å²) < 4.78 is 33.0. The van der Waals surface area contributed by atoms with E-state index in [1.54, 1.807) is 6.92 Å². The van der Waals surface area contributed by atoms with Crippen LogP contribution in [0.15, 0.2) is 17.7 Å². The van der Waals surface area contributed by atoms with E-state index in [2.05, 4.69) is 0 Å². The molecule has 3 rings (SSSR count). The van der Waals surface area contributed by atoms with Crippen molar-refractivity contribution in [3.05, 3.63) is 39.4 Å². The van der Waals surface area contributed by atoms with Crippen molar-refractivity contribution in [2.45, 2.75) is 32.6 Å². The quantitative estimate of drug-likeness (QED) is 0.832. The second-order valence-corrected chi connectivity index (χ2v) is 5.17. The highest BCUT2D eigenvalue weighted by Crippen LogP contribution is 2.45. The molecule has 18 heavy (non-hydrogen) atoms. The van der Waals surface area contributed by atoms with E-state index in [1.807, 2.05) is 0 Å². The molecule has 0 bridgehead atoms. The zero-order valence-corrected chi connectivity index (χ0v) is 10.8. The van der Waals surface area contributed by atoms with E-state index < -0.39 is 18.2 Å². The van der Waals surface area contributed by atoms with Crippen LogP contribution in [-0.2, 0) is 11.2 Å². The first-order valence-corrected chi connectivity index (χ1v) is 6.36. The third-order valence-corrected chi connectivity index (χ3v) is 4.02. The summed E-state index contributed by atoms with van der Waals surface area (Å²) in [5.74, 6) is -0.999. The number of amides is 1. The minimum atomic E-state index is -1.63. The van der Waals surface area contributed by atoms with Crippen molar-refractivity contribution >= 4 is 23.1 Å². The summed E-state index contributed by atoms with van der Waals surface area (Å²) >= 11 is 6.15. The smallest absolute Gasteiger partial charge is 0.224 e. The molecule has 0 aliphatic heterocycles. The van der Waals surface area contributed by atoms with Gasteiger partial charge in [0, 0.05) is 7.76 Å². The standard InChI is InChI=1S/C15H16ClNO/c1-8-5-9-6-13-10(12(9)7-14(8)16)3-2-4-11(13)15(17)18/h5,7,11H,2-4,6H2,1H3,(H2,17,18)/i3D2,5D,7D. The zero-order chi connectivity index (χ0) is 16.4. The van der Waals surface area contributed by atoms with Gasteiger partial charge in [-0.3, -0.25) is 4.79 Å². The van der Waals surface area contributed by atoms with E-state index in [9.17, 15) is 4.79 Å².